The van der Waals surface area contributed by atoms with E-state index in [1.807, 2.05) is 0 Å². The van der Waals surface area contributed by atoms with Gasteiger partial charge in [-0.1, -0.05) is 0 Å². The summed E-state index contributed by atoms with van der Waals surface area (Å²) >= 11 is 0. The number of nitrogens with two attached hydrogens (primary N) is 2. The molecule has 0 radical (unpaired) electrons. The number of aliphatic carboxylic acids is 1. The van der Waals surface area contributed by atoms with Gasteiger partial charge in [-0.15, -0.1) is 0 Å². The summed E-state index contributed by atoms with van der Waals surface area (Å²) in [6.45, 7) is -2.03. The molecule has 29 nitrogen and oxygen atoms in total. The lowest BCUT2D eigenvalue weighted by Gasteiger charge is -2.25. The molecule has 0 spiro atoms. The molecule has 0 bridgehead atoms. The van der Waals surface area contributed by atoms with Gasteiger partial charge in [0.1, 0.15) is 60.1 Å². The van der Waals surface area contributed by atoms with Crippen molar-refractivity contribution in [3.8, 4) is 0 Å². The summed E-state index contributed by atoms with van der Waals surface area (Å²) in [5.74, 6) is -2.03. The molecule has 3 aliphatic rings. The Bertz CT molecular complexity index is 2230. The first kappa shape index (κ1) is 47.3. The molecule has 332 valence electrons. The highest BCUT2D eigenvalue weighted by Crippen LogP contribution is 2.61. The summed E-state index contributed by atoms with van der Waals surface area (Å²) in [7, 11) is -16.3. The van der Waals surface area contributed by atoms with Crippen LogP contribution in [0.5, 0.6) is 0 Å². The number of carboxylic acid groups (broad SMARTS) is 1. The van der Waals surface area contributed by atoms with Crippen molar-refractivity contribution in [3.63, 3.8) is 0 Å². The molecule has 13 atom stereocenters. The van der Waals surface area contributed by atoms with Gasteiger partial charge in [0.05, 0.1) is 25.6 Å². The maximum Gasteiger partial charge on any atom is 0.481 e. The molecule has 3 aromatic rings. The number of rotatable bonds is 14. The van der Waals surface area contributed by atoms with Crippen molar-refractivity contribution in [2.45, 2.75) is 73.8 Å². The minimum atomic E-state index is -5.52. The number of nitrogens with zero attached hydrogens (tertiary/aromatic N) is 5. The van der Waals surface area contributed by atoms with Gasteiger partial charge >= 0.3 is 29.4 Å². The third-order valence-electron chi connectivity index (χ3n) is 8.80. The second-order valence-corrected chi connectivity index (χ2v) is 17.2. The number of aromatic nitrogens is 5. The topological polar surface area (TPSA) is 463 Å². The molecule has 32 heteroatoms. The van der Waals surface area contributed by atoms with Crippen LogP contribution in [0.4, 0.5) is 5.82 Å². The first-order valence-electron chi connectivity index (χ1n) is 16.8. The monoisotopic (exact) mass is 918 g/mol. The zero-order valence-corrected chi connectivity index (χ0v) is 32.8. The smallest absolute Gasteiger partial charge is 0.478 e. The van der Waals surface area contributed by atoms with Gasteiger partial charge in [-0.3, -0.25) is 22.9 Å². The van der Waals surface area contributed by atoms with Crippen molar-refractivity contribution in [1.82, 2.24) is 19.5 Å². The number of hydrogen-bond donors (Lipinski definition) is 13. The van der Waals surface area contributed by atoms with E-state index in [0.717, 1.165) is 23.3 Å². The maximum absolute atomic E-state index is 12.6. The molecule has 60 heavy (non-hydrogen) atoms. The van der Waals surface area contributed by atoms with Gasteiger partial charge in [0.15, 0.2) is 36.2 Å². The van der Waals surface area contributed by atoms with Gasteiger partial charge in [-0.25, -0.2) is 33.4 Å². The number of amides is 1. The van der Waals surface area contributed by atoms with Crippen LogP contribution >= 0.6 is 23.5 Å². The van der Waals surface area contributed by atoms with Crippen LogP contribution in [0.25, 0.3) is 11.2 Å². The molecule has 2 saturated heterocycles. The number of phosphoric acid groups is 3. The molecule has 0 aromatic carbocycles. The first-order valence-corrected chi connectivity index (χ1v) is 21.4. The number of imidazole rings is 1. The number of phosphoric ester groups is 3. The number of aliphatic hydroxyl groups is 6. The van der Waals surface area contributed by atoms with E-state index < -0.39 is 116 Å². The van der Waals surface area contributed by atoms with Crippen LogP contribution in [0, 0.1) is 0 Å². The number of hydrogen-bond acceptors (Lipinski definition) is 21. The molecular weight excluding hydrogens is 879 g/mol. The number of nitrogen functional groups attached to an aromatic ring is 1. The van der Waals surface area contributed by atoms with Crippen molar-refractivity contribution in [1.29, 1.82) is 0 Å². The second kappa shape index (κ2) is 18.7. The maximum atomic E-state index is 12.6. The minimum Gasteiger partial charge on any atom is -0.478 e. The number of anilines is 1. The van der Waals surface area contributed by atoms with Crippen LogP contribution in [0.2, 0.25) is 0 Å². The van der Waals surface area contributed by atoms with E-state index in [0.29, 0.717) is 0 Å². The molecule has 6 rings (SSSR count). The van der Waals surface area contributed by atoms with Gasteiger partial charge in [0.2, 0.25) is 0 Å². The van der Waals surface area contributed by atoms with E-state index in [9.17, 15) is 58.2 Å². The van der Waals surface area contributed by atoms with Crippen LogP contribution < -0.4 is 16.0 Å². The Labute approximate surface area is 335 Å². The standard InChI is InChI=1S/C21H28N7O17P3.C7H10O5/c22-17-12-19(25-7-24-17)28(8-26-12)21-16(44-46(33,34)35)14(30)11(43-21)6-41-48(38,39)45-47(36,37)40-5-10-13(29)15(31)20(42-10)27-3-1-2-9(4-27)18(23)32;8-4-1-3(7(11)12)2-5(9)6(4)10/h1-4,7-8,10-11,13-16,20-21,29-31H,5-6H2,(H7-,22,23,24,25,32,33,34,35,36,37,38,39);1,4-6,8-10H,2H2,(H,11,12)/p+1/t10-,11-,13-,14-,15-,16-,20-,21-;4-,5-,6-/m11/s1. The average Bonchev–Trinajstić information content (AvgIpc) is 3.81. The number of ether oxygens (including phenoxy) is 2. The van der Waals surface area contributed by atoms with E-state index in [4.69, 9.17) is 50.4 Å². The van der Waals surface area contributed by atoms with Crippen LogP contribution in [0.15, 0.2) is 48.8 Å². The fourth-order valence-electron chi connectivity index (χ4n) is 5.94. The summed E-state index contributed by atoms with van der Waals surface area (Å²) < 4.78 is 68.4. The number of carboxylic acids is 1. The zero-order valence-electron chi connectivity index (χ0n) is 30.2. The van der Waals surface area contributed by atoms with Gasteiger partial charge < -0.3 is 76.3 Å². The van der Waals surface area contributed by atoms with Crippen molar-refractivity contribution < 1.29 is 111 Å². The molecule has 2 aliphatic heterocycles. The Morgan fingerprint density at radius 1 is 0.900 bits per heavy atom. The largest absolute Gasteiger partial charge is 0.481 e. The summed E-state index contributed by atoms with van der Waals surface area (Å²) in [5, 5.41) is 67.1. The van der Waals surface area contributed by atoms with Crippen LogP contribution in [-0.2, 0) is 45.8 Å². The van der Waals surface area contributed by atoms with Gasteiger partial charge in [-0.05, 0) is 12.1 Å². The van der Waals surface area contributed by atoms with Crippen molar-refractivity contribution in [2.75, 3.05) is 18.9 Å². The molecule has 2 unspecified atom stereocenters. The summed E-state index contributed by atoms with van der Waals surface area (Å²) in [6, 6.07) is 2.79. The molecule has 5 heterocycles. The fraction of sp³-hybridized carbons (Fsp3) is 0.500. The summed E-state index contributed by atoms with van der Waals surface area (Å²) in [6.07, 6.45) is -11.2. The average molecular weight is 919 g/mol. The van der Waals surface area contributed by atoms with Gasteiger partial charge in [-0.2, -0.15) is 8.88 Å². The third kappa shape index (κ3) is 11.4. The lowest BCUT2D eigenvalue weighted by atomic mass is 9.92. The molecule has 0 saturated carbocycles. The first-order chi connectivity index (χ1) is 27.9. The van der Waals surface area contributed by atoms with E-state index in [2.05, 4.69) is 23.8 Å². The molecule has 3 aromatic heterocycles. The molecule has 2 fully saturated rings. The highest BCUT2D eigenvalue weighted by molar-refractivity contribution is 7.61. The number of primary amides is 1. The van der Waals surface area contributed by atoms with Crippen molar-refractivity contribution >= 4 is 52.3 Å². The molecule has 1 amide bonds. The van der Waals surface area contributed by atoms with Gasteiger partial charge in [0, 0.05) is 18.1 Å². The van der Waals surface area contributed by atoms with E-state index >= 15 is 0 Å². The third-order valence-corrected chi connectivity index (χ3v) is 11.9. The Balaban J connectivity index is 0.000000489. The molecule has 15 N–H and O–H groups in total. The Kier molecular flexibility index (Phi) is 14.7. The fourth-order valence-corrected chi connectivity index (χ4v) is 8.57. The van der Waals surface area contributed by atoms with Crippen LogP contribution in [-0.4, -0.2) is 155 Å². The Hall–Kier alpha value is -3.77. The van der Waals surface area contributed by atoms with Crippen LogP contribution in [0.1, 0.15) is 29.2 Å². The van der Waals surface area contributed by atoms with E-state index in [1.165, 1.54) is 29.1 Å². The Morgan fingerprint density at radius 3 is 2.12 bits per heavy atom. The van der Waals surface area contributed by atoms with Crippen molar-refractivity contribution in [3.05, 3.63) is 54.4 Å². The predicted octanol–water partition coefficient (Wildman–Crippen LogP) is -4.42. The summed E-state index contributed by atoms with van der Waals surface area (Å²) in [4.78, 5) is 72.5. The number of aliphatic hydroxyl groups excluding tert-OH is 6. The van der Waals surface area contributed by atoms with Crippen LogP contribution in [0.3, 0.4) is 0 Å². The molecule has 1 aliphatic carbocycles. The van der Waals surface area contributed by atoms with Crippen molar-refractivity contribution in [2.24, 2.45) is 5.73 Å². The lowest BCUT2D eigenvalue weighted by Crippen LogP contribution is -2.46. The van der Waals surface area contributed by atoms with Gasteiger partial charge in [0.25, 0.3) is 12.1 Å². The number of pyridine rings is 1. The predicted molar refractivity (Wildman–Crippen MR) is 189 cm³/mol. The summed E-state index contributed by atoms with van der Waals surface area (Å²) in [5.41, 5.74) is 11.0. The molecular formula is C28H39N7O22P3+. The zero-order chi connectivity index (χ0) is 44.5. The highest BCUT2D eigenvalue weighted by Gasteiger charge is 2.51. The Morgan fingerprint density at radius 2 is 1.53 bits per heavy atom. The number of carbonyl (C=O) groups excluding carboxylic acids is 1. The number of fused-ring (bicyclic) bond motifs is 1. The highest BCUT2D eigenvalue weighted by atomic mass is 31.3. The normalized spacial score (nSPS) is 31.4. The number of carbonyl (C=O) groups is 2. The van der Waals surface area contributed by atoms with E-state index in [1.54, 1.807) is 0 Å². The quantitative estimate of drug-likeness (QED) is 0.0536. The second-order valence-electron chi connectivity index (χ2n) is 13.0. The van der Waals surface area contributed by atoms with E-state index in [-0.39, 0.29) is 34.5 Å². The SMILES string of the molecule is NC(=O)c1ccc[n+]([C@@H]2O[C@H](COP(=O)(O)OP(=O)(O)OC[C@H]3O[C@@H](n4cnc5c(N)ncnc54)[C@H](OP(=O)(O)O)[C@@H]3O)[C@@H](O)[C@H]2O)c1.O=C(O)C1=C[C@@H](O)[C@@H](O)[C@H](O)C1. The lowest BCUT2D eigenvalue weighted by molar-refractivity contribution is -0.765. The minimum absolute atomic E-state index is 0.00286.